The highest BCUT2D eigenvalue weighted by molar-refractivity contribution is 6.02. The van der Waals surface area contributed by atoms with E-state index >= 15 is 0 Å². The summed E-state index contributed by atoms with van der Waals surface area (Å²) in [7, 11) is 1.35. The maximum atomic E-state index is 13.4. The van der Waals surface area contributed by atoms with Gasteiger partial charge in [0.15, 0.2) is 11.6 Å². The first-order valence-electron chi connectivity index (χ1n) is 5.31. The van der Waals surface area contributed by atoms with Crippen LogP contribution in [0.4, 0.5) is 10.1 Å². The Balaban J connectivity index is 2.17. The topological polar surface area (TPSA) is 84.1 Å². The van der Waals surface area contributed by atoms with Crippen LogP contribution in [0, 0.1) is 5.82 Å². The van der Waals surface area contributed by atoms with Crippen LogP contribution in [0.5, 0.6) is 5.75 Å². The van der Waals surface area contributed by atoms with Crippen LogP contribution >= 0.6 is 0 Å². The van der Waals surface area contributed by atoms with Crippen molar-refractivity contribution in [2.75, 3.05) is 12.4 Å². The van der Waals surface area contributed by atoms with Crippen molar-refractivity contribution in [1.82, 2.24) is 10.2 Å². The SMILES string of the molecule is COc1ccc(NC(=O)c2ccc(=O)[nH]n2)cc1F. The number of carbonyl (C=O) groups excluding carboxylic acids is 1. The molecule has 7 heteroatoms. The van der Waals surface area contributed by atoms with E-state index in [9.17, 15) is 14.0 Å². The quantitative estimate of drug-likeness (QED) is 0.870. The maximum absolute atomic E-state index is 13.4. The summed E-state index contributed by atoms with van der Waals surface area (Å²) in [5.74, 6) is -1.06. The third kappa shape index (κ3) is 2.95. The molecule has 1 heterocycles. The Hall–Kier alpha value is -2.70. The third-order valence-electron chi connectivity index (χ3n) is 2.32. The van der Waals surface area contributed by atoms with Crippen LogP contribution in [0.2, 0.25) is 0 Å². The summed E-state index contributed by atoms with van der Waals surface area (Å²) < 4.78 is 18.2. The summed E-state index contributed by atoms with van der Waals surface area (Å²) in [6.07, 6.45) is 0. The molecule has 0 aliphatic heterocycles. The van der Waals surface area contributed by atoms with Gasteiger partial charge in [0.1, 0.15) is 5.69 Å². The Bertz CT molecular complexity index is 649. The molecule has 98 valence electrons. The van der Waals surface area contributed by atoms with E-state index < -0.39 is 17.3 Å². The lowest BCUT2D eigenvalue weighted by Crippen LogP contribution is -2.17. The molecule has 0 saturated carbocycles. The number of hydrogen-bond donors (Lipinski definition) is 2. The molecule has 0 fully saturated rings. The summed E-state index contributed by atoms with van der Waals surface area (Å²) in [5.41, 5.74) is -0.126. The van der Waals surface area contributed by atoms with Crippen molar-refractivity contribution in [3.63, 3.8) is 0 Å². The summed E-state index contributed by atoms with van der Waals surface area (Å²) in [4.78, 5) is 22.5. The van der Waals surface area contributed by atoms with Crippen molar-refractivity contribution >= 4 is 11.6 Å². The Morgan fingerprint density at radius 1 is 1.37 bits per heavy atom. The fourth-order valence-electron chi connectivity index (χ4n) is 1.41. The van der Waals surface area contributed by atoms with E-state index in [1.165, 1.54) is 31.4 Å². The van der Waals surface area contributed by atoms with Crippen LogP contribution in [-0.2, 0) is 0 Å². The molecule has 0 atom stereocenters. The predicted octanol–water partition coefficient (Wildman–Crippen LogP) is 1.17. The molecule has 0 saturated heterocycles. The maximum Gasteiger partial charge on any atom is 0.276 e. The first kappa shape index (κ1) is 12.7. The Morgan fingerprint density at radius 2 is 2.16 bits per heavy atom. The van der Waals surface area contributed by atoms with E-state index in [4.69, 9.17) is 4.74 Å². The van der Waals surface area contributed by atoms with Crippen LogP contribution in [0.1, 0.15) is 10.5 Å². The Morgan fingerprint density at radius 3 is 2.74 bits per heavy atom. The first-order chi connectivity index (χ1) is 9.10. The second kappa shape index (κ2) is 5.30. The lowest BCUT2D eigenvalue weighted by Gasteiger charge is -2.06. The molecule has 19 heavy (non-hydrogen) atoms. The molecule has 2 rings (SSSR count). The number of methoxy groups -OCH3 is 1. The van der Waals surface area contributed by atoms with Gasteiger partial charge < -0.3 is 10.1 Å². The number of aromatic nitrogens is 2. The van der Waals surface area contributed by atoms with Crippen molar-refractivity contribution < 1.29 is 13.9 Å². The van der Waals surface area contributed by atoms with Gasteiger partial charge in [-0.15, -0.1) is 0 Å². The van der Waals surface area contributed by atoms with E-state index in [0.717, 1.165) is 6.07 Å². The molecule has 0 unspecified atom stereocenters. The van der Waals surface area contributed by atoms with Gasteiger partial charge in [-0.25, -0.2) is 9.49 Å². The van der Waals surface area contributed by atoms with Gasteiger partial charge in [0.25, 0.3) is 11.5 Å². The fraction of sp³-hybridized carbons (Fsp3) is 0.0833. The van der Waals surface area contributed by atoms with Crippen molar-refractivity contribution in [3.8, 4) is 5.75 Å². The smallest absolute Gasteiger partial charge is 0.276 e. The van der Waals surface area contributed by atoms with Crippen LogP contribution in [-0.4, -0.2) is 23.2 Å². The Labute approximate surface area is 107 Å². The van der Waals surface area contributed by atoms with Crippen LogP contribution in [0.25, 0.3) is 0 Å². The molecule has 1 amide bonds. The average molecular weight is 263 g/mol. The molecule has 0 spiro atoms. The van der Waals surface area contributed by atoms with Crippen LogP contribution in [0.15, 0.2) is 35.1 Å². The predicted molar refractivity (Wildman–Crippen MR) is 65.8 cm³/mol. The number of halogens is 1. The van der Waals surface area contributed by atoms with Crippen LogP contribution in [0.3, 0.4) is 0 Å². The number of H-pyrrole nitrogens is 1. The largest absolute Gasteiger partial charge is 0.494 e. The number of nitrogens with zero attached hydrogens (tertiary/aromatic N) is 1. The fourth-order valence-corrected chi connectivity index (χ4v) is 1.41. The van der Waals surface area contributed by atoms with Gasteiger partial charge in [0.05, 0.1) is 7.11 Å². The number of nitrogens with one attached hydrogen (secondary N) is 2. The molecule has 0 radical (unpaired) electrons. The highest BCUT2D eigenvalue weighted by Gasteiger charge is 2.09. The van der Waals surface area contributed by atoms with Crippen molar-refractivity contribution in [3.05, 3.63) is 52.2 Å². The van der Waals surface area contributed by atoms with E-state index in [1.807, 2.05) is 0 Å². The van der Waals surface area contributed by atoms with Gasteiger partial charge in [0.2, 0.25) is 0 Å². The lowest BCUT2D eigenvalue weighted by atomic mass is 10.2. The number of carbonyl (C=O) groups is 1. The second-order valence-corrected chi connectivity index (χ2v) is 3.61. The average Bonchev–Trinajstić information content (AvgIpc) is 2.39. The highest BCUT2D eigenvalue weighted by Crippen LogP contribution is 2.20. The minimum Gasteiger partial charge on any atom is -0.494 e. The Kier molecular flexibility index (Phi) is 3.56. The molecule has 0 aliphatic rings. The number of benzene rings is 1. The third-order valence-corrected chi connectivity index (χ3v) is 2.32. The zero-order chi connectivity index (χ0) is 13.8. The molecule has 2 N–H and O–H groups in total. The first-order valence-corrected chi connectivity index (χ1v) is 5.31. The molecular formula is C12H10FN3O3. The normalized spacial score (nSPS) is 10.0. The van der Waals surface area contributed by atoms with Crippen LogP contribution < -0.4 is 15.6 Å². The lowest BCUT2D eigenvalue weighted by molar-refractivity contribution is 0.102. The number of aromatic amines is 1. The van der Waals surface area contributed by atoms with Gasteiger partial charge >= 0.3 is 0 Å². The van der Waals surface area contributed by atoms with E-state index in [-0.39, 0.29) is 17.1 Å². The van der Waals surface area contributed by atoms with Crippen molar-refractivity contribution in [2.45, 2.75) is 0 Å². The van der Waals surface area contributed by atoms with Gasteiger partial charge in [-0.1, -0.05) is 0 Å². The number of rotatable bonds is 3. The minimum absolute atomic E-state index is 0.0239. The highest BCUT2D eigenvalue weighted by atomic mass is 19.1. The van der Waals surface area contributed by atoms with Gasteiger partial charge in [-0.2, -0.15) is 5.10 Å². The second-order valence-electron chi connectivity index (χ2n) is 3.61. The molecule has 0 bridgehead atoms. The molecule has 1 aromatic heterocycles. The number of amides is 1. The zero-order valence-electron chi connectivity index (χ0n) is 9.94. The summed E-state index contributed by atoms with van der Waals surface area (Å²) in [5, 5.41) is 8.15. The molecular weight excluding hydrogens is 253 g/mol. The minimum atomic E-state index is -0.588. The molecule has 2 aromatic rings. The number of ether oxygens (including phenoxy) is 1. The number of hydrogen-bond acceptors (Lipinski definition) is 4. The van der Waals surface area contributed by atoms with E-state index in [1.54, 1.807) is 0 Å². The van der Waals surface area contributed by atoms with Crippen molar-refractivity contribution in [1.29, 1.82) is 0 Å². The summed E-state index contributed by atoms with van der Waals surface area (Å²) in [6.45, 7) is 0. The van der Waals surface area contributed by atoms with E-state index in [0.29, 0.717) is 0 Å². The molecule has 0 aliphatic carbocycles. The standard InChI is InChI=1S/C12H10FN3O3/c1-19-10-4-2-7(6-8(10)13)14-12(18)9-3-5-11(17)16-15-9/h2-6H,1H3,(H,14,18)(H,16,17). The molecule has 1 aromatic carbocycles. The number of anilines is 1. The summed E-state index contributed by atoms with van der Waals surface area (Å²) >= 11 is 0. The van der Waals surface area contributed by atoms with Crippen molar-refractivity contribution in [2.24, 2.45) is 0 Å². The van der Waals surface area contributed by atoms with Gasteiger partial charge in [-0.3, -0.25) is 9.59 Å². The van der Waals surface area contributed by atoms with Gasteiger partial charge in [0, 0.05) is 17.8 Å². The summed E-state index contributed by atoms with van der Waals surface area (Å²) in [6, 6.07) is 6.46. The molecule has 6 nitrogen and oxygen atoms in total. The van der Waals surface area contributed by atoms with E-state index in [2.05, 4.69) is 15.5 Å². The zero-order valence-corrected chi connectivity index (χ0v) is 9.94. The monoisotopic (exact) mass is 263 g/mol. The van der Waals surface area contributed by atoms with Gasteiger partial charge in [-0.05, 0) is 18.2 Å².